The van der Waals surface area contributed by atoms with Crippen molar-refractivity contribution in [3.05, 3.63) is 23.5 Å². The first-order chi connectivity index (χ1) is 7.49. The molecule has 0 unspecified atom stereocenters. The second kappa shape index (κ2) is 5.82. The lowest BCUT2D eigenvalue weighted by molar-refractivity contribution is -0.117. The van der Waals surface area contributed by atoms with E-state index in [9.17, 15) is 4.79 Å². The first-order valence-corrected chi connectivity index (χ1v) is 5.55. The average molecular weight is 242 g/mol. The number of carbonyl (C=O) groups is 1. The lowest BCUT2D eigenvalue weighted by Crippen LogP contribution is -2.36. The van der Waals surface area contributed by atoms with Crippen LogP contribution in [0, 0.1) is 5.92 Å². The number of hydrogen-bond donors (Lipinski definition) is 2. The molecular formula is C11H16ClN3O. The summed E-state index contributed by atoms with van der Waals surface area (Å²) in [7, 11) is 0. The van der Waals surface area contributed by atoms with Crippen LogP contribution in [0.4, 0.5) is 5.69 Å². The van der Waals surface area contributed by atoms with Gasteiger partial charge < -0.3 is 11.1 Å². The van der Waals surface area contributed by atoms with Gasteiger partial charge in [0.2, 0.25) is 5.91 Å². The molecule has 0 saturated carbocycles. The monoisotopic (exact) mass is 241 g/mol. The van der Waals surface area contributed by atoms with Gasteiger partial charge in [-0.15, -0.1) is 0 Å². The fourth-order valence-electron chi connectivity index (χ4n) is 1.30. The topological polar surface area (TPSA) is 68.0 Å². The minimum Gasteiger partial charge on any atom is -0.323 e. The zero-order valence-corrected chi connectivity index (χ0v) is 10.2. The molecule has 0 radical (unpaired) electrons. The summed E-state index contributed by atoms with van der Waals surface area (Å²) in [4.78, 5) is 15.5. The van der Waals surface area contributed by atoms with E-state index in [-0.39, 0.29) is 5.91 Å². The lowest BCUT2D eigenvalue weighted by atomic mass is 10.0. The largest absolute Gasteiger partial charge is 0.323 e. The van der Waals surface area contributed by atoms with Gasteiger partial charge in [0.25, 0.3) is 0 Å². The van der Waals surface area contributed by atoms with Gasteiger partial charge in [-0.3, -0.25) is 4.79 Å². The number of carbonyl (C=O) groups excluding carboxylic acids is 1. The number of amides is 1. The second-order valence-corrected chi connectivity index (χ2v) is 4.48. The Morgan fingerprint density at radius 2 is 2.25 bits per heavy atom. The molecule has 0 aliphatic heterocycles. The molecule has 1 rings (SSSR count). The van der Waals surface area contributed by atoms with Gasteiger partial charge in [0.1, 0.15) is 5.15 Å². The van der Waals surface area contributed by atoms with Crippen molar-refractivity contribution in [3.63, 3.8) is 0 Å². The molecule has 1 amide bonds. The zero-order valence-electron chi connectivity index (χ0n) is 9.40. The molecule has 1 atom stereocenters. The standard InChI is InChI=1S/C11H16ClN3O/c1-7(2)5-9(13)11(16)15-8-3-4-10(12)14-6-8/h3-4,6-7,9H,5,13H2,1-2H3,(H,15,16)/t9-/m0/s1. The highest BCUT2D eigenvalue weighted by Crippen LogP contribution is 2.11. The van der Waals surface area contributed by atoms with Crippen molar-refractivity contribution in [2.75, 3.05) is 5.32 Å². The molecule has 0 aliphatic rings. The summed E-state index contributed by atoms with van der Waals surface area (Å²) in [6.45, 7) is 4.05. The van der Waals surface area contributed by atoms with Crippen molar-refractivity contribution in [1.82, 2.24) is 4.98 Å². The van der Waals surface area contributed by atoms with Crippen LogP contribution in [-0.4, -0.2) is 16.9 Å². The number of anilines is 1. The number of hydrogen-bond acceptors (Lipinski definition) is 3. The molecule has 88 valence electrons. The Balaban J connectivity index is 2.54. The molecule has 1 aromatic heterocycles. The average Bonchev–Trinajstić information content (AvgIpc) is 2.20. The molecule has 3 N–H and O–H groups in total. The van der Waals surface area contributed by atoms with Crippen LogP contribution < -0.4 is 11.1 Å². The minimum atomic E-state index is -0.490. The molecule has 0 fully saturated rings. The Hall–Kier alpha value is -1.13. The molecule has 0 aromatic carbocycles. The maximum absolute atomic E-state index is 11.6. The lowest BCUT2D eigenvalue weighted by Gasteiger charge is -2.13. The molecule has 0 spiro atoms. The van der Waals surface area contributed by atoms with Crippen LogP contribution in [0.5, 0.6) is 0 Å². The van der Waals surface area contributed by atoms with Crippen LogP contribution >= 0.6 is 11.6 Å². The van der Waals surface area contributed by atoms with E-state index in [4.69, 9.17) is 17.3 Å². The van der Waals surface area contributed by atoms with Crippen LogP contribution in [0.1, 0.15) is 20.3 Å². The molecule has 0 aliphatic carbocycles. The number of nitrogens with two attached hydrogens (primary N) is 1. The minimum absolute atomic E-state index is 0.196. The number of rotatable bonds is 4. The summed E-state index contributed by atoms with van der Waals surface area (Å²) in [6, 6.07) is 2.82. The van der Waals surface area contributed by atoms with E-state index >= 15 is 0 Å². The molecule has 1 aromatic rings. The van der Waals surface area contributed by atoms with E-state index in [1.807, 2.05) is 13.8 Å². The Morgan fingerprint density at radius 3 is 2.75 bits per heavy atom. The van der Waals surface area contributed by atoms with E-state index in [1.54, 1.807) is 12.1 Å². The highest BCUT2D eigenvalue weighted by atomic mass is 35.5. The van der Waals surface area contributed by atoms with Crippen molar-refractivity contribution in [2.45, 2.75) is 26.3 Å². The third kappa shape index (κ3) is 4.16. The SMILES string of the molecule is CC(C)C[C@H](N)C(=O)Nc1ccc(Cl)nc1. The van der Waals surface area contributed by atoms with Crippen LogP contribution in [0.15, 0.2) is 18.3 Å². The van der Waals surface area contributed by atoms with Gasteiger partial charge >= 0.3 is 0 Å². The molecule has 4 nitrogen and oxygen atoms in total. The zero-order chi connectivity index (χ0) is 12.1. The third-order valence-corrected chi connectivity index (χ3v) is 2.28. The second-order valence-electron chi connectivity index (χ2n) is 4.09. The Morgan fingerprint density at radius 1 is 1.56 bits per heavy atom. The number of halogens is 1. The predicted molar refractivity (Wildman–Crippen MR) is 65.3 cm³/mol. The maximum Gasteiger partial charge on any atom is 0.241 e. The van der Waals surface area contributed by atoms with Crippen molar-refractivity contribution < 1.29 is 4.79 Å². The number of pyridine rings is 1. The Kier molecular flexibility index (Phi) is 4.71. The van der Waals surface area contributed by atoms with Gasteiger partial charge in [-0.25, -0.2) is 4.98 Å². The first-order valence-electron chi connectivity index (χ1n) is 5.17. The van der Waals surface area contributed by atoms with E-state index < -0.39 is 6.04 Å². The molecule has 16 heavy (non-hydrogen) atoms. The van der Waals surface area contributed by atoms with Crippen molar-refractivity contribution in [1.29, 1.82) is 0 Å². The van der Waals surface area contributed by atoms with E-state index in [0.29, 0.717) is 23.2 Å². The Labute approximate surface area is 100 Å². The van der Waals surface area contributed by atoms with Crippen molar-refractivity contribution in [3.8, 4) is 0 Å². The van der Waals surface area contributed by atoms with Gasteiger partial charge in [0, 0.05) is 0 Å². The fraction of sp³-hybridized carbons (Fsp3) is 0.455. The molecule has 0 bridgehead atoms. The summed E-state index contributed by atoms with van der Waals surface area (Å²) >= 11 is 5.63. The molecule has 5 heteroatoms. The van der Waals surface area contributed by atoms with Crippen LogP contribution in [0.2, 0.25) is 5.15 Å². The predicted octanol–water partition coefficient (Wildman–Crippen LogP) is 2.05. The summed E-state index contributed by atoms with van der Waals surface area (Å²) in [5, 5.41) is 3.08. The summed E-state index contributed by atoms with van der Waals surface area (Å²) < 4.78 is 0. The van der Waals surface area contributed by atoms with Crippen LogP contribution in [-0.2, 0) is 4.79 Å². The van der Waals surface area contributed by atoms with E-state index in [1.165, 1.54) is 6.20 Å². The van der Waals surface area contributed by atoms with Gasteiger partial charge in [0.15, 0.2) is 0 Å². The number of nitrogens with one attached hydrogen (secondary N) is 1. The normalized spacial score (nSPS) is 12.6. The highest BCUT2D eigenvalue weighted by molar-refractivity contribution is 6.29. The van der Waals surface area contributed by atoms with Crippen LogP contribution in [0.25, 0.3) is 0 Å². The van der Waals surface area contributed by atoms with E-state index in [0.717, 1.165) is 0 Å². The van der Waals surface area contributed by atoms with Gasteiger partial charge in [0.05, 0.1) is 17.9 Å². The highest BCUT2D eigenvalue weighted by Gasteiger charge is 2.14. The maximum atomic E-state index is 11.6. The summed E-state index contributed by atoms with van der Waals surface area (Å²) in [6.07, 6.45) is 2.16. The summed E-state index contributed by atoms with van der Waals surface area (Å²) in [5.74, 6) is 0.196. The number of aromatic nitrogens is 1. The molecule has 1 heterocycles. The number of nitrogens with zero attached hydrogens (tertiary/aromatic N) is 1. The van der Waals surface area contributed by atoms with Crippen molar-refractivity contribution >= 4 is 23.2 Å². The molecule has 0 saturated heterocycles. The van der Waals surface area contributed by atoms with Crippen molar-refractivity contribution in [2.24, 2.45) is 11.7 Å². The Bertz CT molecular complexity index is 351. The molecular weight excluding hydrogens is 226 g/mol. The first kappa shape index (κ1) is 12.9. The van der Waals surface area contributed by atoms with Gasteiger partial charge in [-0.05, 0) is 24.5 Å². The van der Waals surface area contributed by atoms with Crippen LogP contribution in [0.3, 0.4) is 0 Å². The smallest absolute Gasteiger partial charge is 0.241 e. The quantitative estimate of drug-likeness (QED) is 0.793. The summed E-state index contributed by atoms with van der Waals surface area (Å²) in [5.41, 5.74) is 6.34. The third-order valence-electron chi connectivity index (χ3n) is 2.06. The van der Waals surface area contributed by atoms with E-state index in [2.05, 4.69) is 10.3 Å². The fourth-order valence-corrected chi connectivity index (χ4v) is 1.41. The van der Waals surface area contributed by atoms with Gasteiger partial charge in [-0.2, -0.15) is 0 Å². The van der Waals surface area contributed by atoms with Gasteiger partial charge in [-0.1, -0.05) is 25.4 Å².